The molecule has 0 radical (unpaired) electrons. The molecule has 5 heteroatoms. The van der Waals surface area contributed by atoms with Gasteiger partial charge in [-0.1, -0.05) is 41.6 Å². The summed E-state index contributed by atoms with van der Waals surface area (Å²) in [7, 11) is 0. The Labute approximate surface area is 124 Å². The summed E-state index contributed by atoms with van der Waals surface area (Å²) < 4.78 is 2.15. The first kappa shape index (κ1) is 12.9. The lowest BCUT2D eigenvalue weighted by molar-refractivity contribution is 0.282. The Kier molecular flexibility index (Phi) is 3.75. The predicted molar refractivity (Wildman–Crippen MR) is 81.1 cm³/mol. The average molecular weight is 308 g/mol. The van der Waals surface area contributed by atoms with Crippen LogP contribution in [0, 0.1) is 0 Å². The lowest BCUT2D eigenvalue weighted by Crippen LogP contribution is -1.83. The van der Waals surface area contributed by atoms with Crippen LogP contribution in [0.4, 0.5) is 0 Å². The molecule has 96 valence electrons. The monoisotopic (exact) mass is 307 g/mol. The van der Waals surface area contributed by atoms with E-state index >= 15 is 0 Å². The van der Waals surface area contributed by atoms with E-state index < -0.39 is 0 Å². The standard InChI is InChI=1S/C14H10ClNOS2/c15-10-7-9(8-17)5-6-12(10)18-14-16-11-3-1-2-4-13(11)19-14/h1-7,17H,8H2. The molecule has 1 heterocycles. The predicted octanol–water partition coefficient (Wildman–Crippen LogP) is 4.59. The minimum absolute atomic E-state index is 0.00576. The number of aromatic nitrogens is 1. The van der Waals surface area contributed by atoms with Gasteiger partial charge >= 0.3 is 0 Å². The zero-order valence-corrected chi connectivity index (χ0v) is 12.2. The van der Waals surface area contributed by atoms with Crippen molar-refractivity contribution >= 4 is 44.9 Å². The number of fused-ring (bicyclic) bond motifs is 1. The van der Waals surface area contributed by atoms with Crippen LogP contribution in [0.5, 0.6) is 0 Å². The van der Waals surface area contributed by atoms with Crippen LogP contribution >= 0.6 is 34.7 Å². The Morgan fingerprint density at radius 3 is 2.79 bits per heavy atom. The minimum atomic E-state index is 0.00576. The molecule has 0 fully saturated rings. The number of hydrogen-bond acceptors (Lipinski definition) is 4. The number of aliphatic hydroxyl groups is 1. The molecule has 0 aliphatic carbocycles. The van der Waals surface area contributed by atoms with Gasteiger partial charge in [-0.25, -0.2) is 4.98 Å². The van der Waals surface area contributed by atoms with E-state index in [2.05, 4.69) is 11.1 Å². The Hall–Kier alpha value is -1.07. The van der Waals surface area contributed by atoms with Crippen LogP contribution in [0.3, 0.4) is 0 Å². The summed E-state index contributed by atoms with van der Waals surface area (Å²) >= 11 is 9.41. The Bertz CT molecular complexity index is 693. The molecule has 1 N–H and O–H groups in total. The smallest absolute Gasteiger partial charge is 0.155 e. The van der Waals surface area contributed by atoms with Gasteiger partial charge in [-0.2, -0.15) is 0 Å². The van der Waals surface area contributed by atoms with Gasteiger partial charge in [0.05, 0.1) is 21.8 Å². The molecule has 0 saturated heterocycles. The van der Waals surface area contributed by atoms with Gasteiger partial charge in [-0.15, -0.1) is 11.3 Å². The molecule has 2 aromatic carbocycles. The number of para-hydroxylation sites is 1. The molecule has 2 nitrogen and oxygen atoms in total. The Balaban J connectivity index is 1.92. The second-order valence-electron chi connectivity index (χ2n) is 3.97. The molecule has 0 bridgehead atoms. The van der Waals surface area contributed by atoms with Crippen molar-refractivity contribution in [2.45, 2.75) is 15.8 Å². The highest BCUT2D eigenvalue weighted by molar-refractivity contribution is 8.01. The molecule has 1 aromatic heterocycles. The molecule has 3 aromatic rings. The number of benzene rings is 2. The van der Waals surface area contributed by atoms with E-state index in [9.17, 15) is 0 Å². The largest absolute Gasteiger partial charge is 0.392 e. The first-order chi connectivity index (χ1) is 9.26. The summed E-state index contributed by atoms with van der Waals surface area (Å²) in [6.45, 7) is 0.00576. The molecule has 0 spiro atoms. The van der Waals surface area contributed by atoms with Crippen molar-refractivity contribution < 1.29 is 5.11 Å². The second-order valence-corrected chi connectivity index (χ2v) is 6.70. The molecule has 0 aliphatic rings. The zero-order chi connectivity index (χ0) is 13.2. The molecule has 0 aliphatic heterocycles. The third-order valence-electron chi connectivity index (χ3n) is 2.65. The maximum Gasteiger partial charge on any atom is 0.155 e. The van der Waals surface area contributed by atoms with Crippen molar-refractivity contribution in [3.05, 3.63) is 53.1 Å². The lowest BCUT2D eigenvalue weighted by Gasteiger charge is -2.03. The van der Waals surface area contributed by atoms with Gasteiger partial charge in [0.1, 0.15) is 0 Å². The van der Waals surface area contributed by atoms with Gasteiger partial charge in [0.15, 0.2) is 4.34 Å². The quantitative estimate of drug-likeness (QED) is 0.768. The van der Waals surface area contributed by atoms with E-state index in [1.807, 2.05) is 30.3 Å². The van der Waals surface area contributed by atoms with E-state index in [1.165, 1.54) is 4.70 Å². The summed E-state index contributed by atoms with van der Waals surface area (Å²) in [5.74, 6) is 0. The van der Waals surface area contributed by atoms with Crippen molar-refractivity contribution in [2.75, 3.05) is 0 Å². The summed E-state index contributed by atoms with van der Waals surface area (Å²) in [6.07, 6.45) is 0. The van der Waals surface area contributed by atoms with Gasteiger partial charge in [0.2, 0.25) is 0 Å². The first-order valence-electron chi connectivity index (χ1n) is 5.69. The maximum absolute atomic E-state index is 9.06. The molecular weight excluding hydrogens is 298 g/mol. The Morgan fingerprint density at radius 2 is 2.05 bits per heavy atom. The fraction of sp³-hybridized carbons (Fsp3) is 0.0714. The van der Waals surface area contributed by atoms with Crippen molar-refractivity contribution in [3.63, 3.8) is 0 Å². The molecule has 0 atom stereocenters. The van der Waals surface area contributed by atoms with E-state index in [4.69, 9.17) is 16.7 Å². The topological polar surface area (TPSA) is 33.1 Å². The van der Waals surface area contributed by atoms with Crippen LogP contribution in [0.2, 0.25) is 5.02 Å². The zero-order valence-electron chi connectivity index (χ0n) is 9.84. The van der Waals surface area contributed by atoms with Crippen molar-refractivity contribution in [3.8, 4) is 0 Å². The van der Waals surface area contributed by atoms with Crippen LogP contribution in [-0.4, -0.2) is 10.1 Å². The Morgan fingerprint density at radius 1 is 1.21 bits per heavy atom. The summed E-state index contributed by atoms with van der Waals surface area (Å²) in [4.78, 5) is 5.52. The number of thiazole rings is 1. The van der Waals surface area contributed by atoms with E-state index in [0.29, 0.717) is 5.02 Å². The number of nitrogens with zero attached hydrogens (tertiary/aromatic N) is 1. The van der Waals surface area contributed by atoms with Gasteiger partial charge < -0.3 is 5.11 Å². The van der Waals surface area contributed by atoms with Crippen LogP contribution in [-0.2, 0) is 6.61 Å². The summed E-state index contributed by atoms with van der Waals surface area (Å²) in [5.41, 5.74) is 1.83. The number of rotatable bonds is 3. The molecule has 0 amide bonds. The SMILES string of the molecule is OCc1ccc(Sc2nc3ccccc3s2)c(Cl)c1. The maximum atomic E-state index is 9.06. The highest BCUT2D eigenvalue weighted by atomic mass is 35.5. The van der Waals surface area contributed by atoms with Crippen LogP contribution < -0.4 is 0 Å². The van der Waals surface area contributed by atoms with Crippen molar-refractivity contribution in [1.29, 1.82) is 0 Å². The number of halogens is 1. The minimum Gasteiger partial charge on any atom is -0.392 e. The summed E-state index contributed by atoms with van der Waals surface area (Å²) in [5, 5.41) is 9.71. The van der Waals surface area contributed by atoms with Crippen LogP contribution in [0.15, 0.2) is 51.7 Å². The van der Waals surface area contributed by atoms with Gasteiger partial charge in [0.25, 0.3) is 0 Å². The van der Waals surface area contributed by atoms with Gasteiger partial charge in [-0.05, 0) is 29.8 Å². The van der Waals surface area contributed by atoms with E-state index in [1.54, 1.807) is 29.2 Å². The van der Waals surface area contributed by atoms with Crippen LogP contribution in [0.25, 0.3) is 10.2 Å². The molecule has 0 unspecified atom stereocenters. The van der Waals surface area contributed by atoms with Gasteiger partial charge in [0, 0.05) is 4.90 Å². The number of hydrogen-bond donors (Lipinski definition) is 1. The second kappa shape index (κ2) is 5.51. The average Bonchev–Trinajstić information content (AvgIpc) is 2.83. The van der Waals surface area contributed by atoms with E-state index in [0.717, 1.165) is 20.3 Å². The highest BCUT2D eigenvalue weighted by Crippen LogP contribution is 2.37. The highest BCUT2D eigenvalue weighted by Gasteiger charge is 2.08. The van der Waals surface area contributed by atoms with E-state index in [-0.39, 0.29) is 6.61 Å². The summed E-state index contributed by atoms with van der Waals surface area (Å²) in [6, 6.07) is 13.7. The normalized spacial score (nSPS) is 11.1. The van der Waals surface area contributed by atoms with Crippen molar-refractivity contribution in [1.82, 2.24) is 4.98 Å². The molecule has 19 heavy (non-hydrogen) atoms. The van der Waals surface area contributed by atoms with Gasteiger partial charge in [-0.3, -0.25) is 0 Å². The lowest BCUT2D eigenvalue weighted by atomic mass is 10.2. The number of aliphatic hydroxyl groups excluding tert-OH is 1. The molecule has 0 saturated carbocycles. The molecular formula is C14H10ClNOS2. The van der Waals surface area contributed by atoms with Crippen LogP contribution in [0.1, 0.15) is 5.56 Å². The fourth-order valence-corrected chi connectivity index (χ4v) is 4.06. The fourth-order valence-electron chi connectivity index (χ4n) is 1.71. The van der Waals surface area contributed by atoms with Crippen molar-refractivity contribution in [2.24, 2.45) is 0 Å². The third-order valence-corrected chi connectivity index (χ3v) is 5.25. The third kappa shape index (κ3) is 2.77. The molecule has 3 rings (SSSR count). The first-order valence-corrected chi connectivity index (χ1v) is 7.70.